The first-order valence-corrected chi connectivity index (χ1v) is 17.4. The number of thiophene rings is 1. The Balaban J connectivity index is 1.27. The highest BCUT2D eigenvalue weighted by Crippen LogP contribution is 2.46. The van der Waals surface area contributed by atoms with Crippen LogP contribution in [-0.4, -0.2) is 65.8 Å². The third-order valence-electron chi connectivity index (χ3n) is 9.48. The van der Waals surface area contributed by atoms with Gasteiger partial charge in [0, 0.05) is 49.3 Å². The summed E-state index contributed by atoms with van der Waals surface area (Å²) in [6.45, 7) is 1.55. The number of carbonyl (C=O) groups excluding carboxylic acids is 1. The molecule has 50 heavy (non-hydrogen) atoms. The van der Waals surface area contributed by atoms with Gasteiger partial charge >= 0.3 is 12.0 Å². The summed E-state index contributed by atoms with van der Waals surface area (Å²) in [6, 6.07) is 14.7. The first-order chi connectivity index (χ1) is 24.1. The van der Waals surface area contributed by atoms with E-state index in [1.165, 1.54) is 18.2 Å². The number of nitrogen functional groups attached to an aromatic ring is 1. The predicted octanol–water partition coefficient (Wildman–Crippen LogP) is 7.67. The van der Waals surface area contributed by atoms with Crippen molar-refractivity contribution in [2.75, 3.05) is 43.9 Å². The number of hydrogen-bond acceptors (Lipinski definition) is 10. The lowest BCUT2D eigenvalue weighted by Crippen LogP contribution is -2.43. The first-order valence-electron chi connectivity index (χ1n) is 16.2. The Morgan fingerprint density at radius 3 is 2.82 bits per heavy atom. The van der Waals surface area contributed by atoms with Crippen molar-refractivity contribution in [2.24, 2.45) is 0 Å². The molecule has 0 unspecified atom stereocenters. The second kappa shape index (κ2) is 13.6. The molecule has 4 heterocycles. The summed E-state index contributed by atoms with van der Waals surface area (Å²) in [5, 5.41) is 10.4. The zero-order valence-corrected chi connectivity index (χ0v) is 28.6. The van der Waals surface area contributed by atoms with Crippen molar-refractivity contribution < 1.29 is 27.4 Å². The first kappa shape index (κ1) is 33.8. The minimum atomic E-state index is -0.967. The van der Waals surface area contributed by atoms with Crippen LogP contribution < -0.4 is 20.1 Å². The standard InChI is InChI=1S/C36H32ClF3N6O3S/c1-45(13-5-9-27(47)49-21-7-3-2-4-8-21)34-23-15-25(37)29(22-10-11-26(39)32-28(22)24(17-41)33(42)50-32)30(40)31(23)43-35(44-34)48-19-36-12-6-14-46(36)18-20(38)16-36/h2-4,7-8,10-11,15,20H,5-6,9,12-14,16,18-19,42H2,1H3/t20-,36+/m1/s1. The molecule has 2 saturated heterocycles. The molecule has 9 nitrogen and oxygen atoms in total. The van der Waals surface area contributed by atoms with Crippen LogP contribution in [0, 0.1) is 23.0 Å². The molecule has 7 rings (SSSR count). The Morgan fingerprint density at radius 2 is 2.04 bits per heavy atom. The normalized spacial score (nSPS) is 18.8. The monoisotopic (exact) mass is 720 g/mol. The van der Waals surface area contributed by atoms with E-state index in [2.05, 4.69) is 14.9 Å². The van der Waals surface area contributed by atoms with Gasteiger partial charge in [-0.05, 0) is 55.6 Å². The van der Waals surface area contributed by atoms with Crippen molar-refractivity contribution in [3.63, 3.8) is 0 Å². The Labute approximate surface area is 295 Å². The molecule has 0 amide bonds. The second-order valence-electron chi connectivity index (χ2n) is 12.7. The van der Waals surface area contributed by atoms with Gasteiger partial charge in [0.05, 0.1) is 20.8 Å². The zero-order valence-electron chi connectivity index (χ0n) is 27.0. The van der Waals surface area contributed by atoms with Crippen LogP contribution in [0.4, 0.5) is 24.0 Å². The van der Waals surface area contributed by atoms with Crippen LogP contribution in [0.5, 0.6) is 11.8 Å². The number of carbonyl (C=O) groups is 1. The smallest absolute Gasteiger partial charge is 0.319 e. The molecular weight excluding hydrogens is 689 g/mol. The number of halogens is 4. The lowest BCUT2D eigenvalue weighted by molar-refractivity contribution is -0.134. The molecule has 2 aliphatic rings. The number of esters is 1. The molecule has 0 aliphatic carbocycles. The molecule has 5 aromatic rings. The molecule has 0 radical (unpaired) electrons. The topological polar surface area (TPSA) is 118 Å². The predicted molar refractivity (Wildman–Crippen MR) is 188 cm³/mol. The Kier molecular flexibility index (Phi) is 9.19. The van der Waals surface area contributed by atoms with E-state index in [1.54, 1.807) is 36.2 Å². The summed E-state index contributed by atoms with van der Waals surface area (Å²) in [6.07, 6.45) is 1.53. The largest absolute Gasteiger partial charge is 0.461 e. The Morgan fingerprint density at radius 1 is 1.24 bits per heavy atom. The number of ether oxygens (including phenoxy) is 2. The number of anilines is 2. The molecule has 2 aliphatic heterocycles. The number of hydrogen-bond donors (Lipinski definition) is 1. The summed E-state index contributed by atoms with van der Waals surface area (Å²) in [7, 11) is 1.74. The lowest BCUT2D eigenvalue weighted by atomic mass is 9.95. The highest BCUT2D eigenvalue weighted by molar-refractivity contribution is 7.23. The van der Waals surface area contributed by atoms with Crippen LogP contribution in [0.15, 0.2) is 48.5 Å². The zero-order chi connectivity index (χ0) is 35.2. The van der Waals surface area contributed by atoms with Crippen LogP contribution in [-0.2, 0) is 4.79 Å². The highest BCUT2D eigenvalue weighted by Gasteiger charge is 2.49. The van der Waals surface area contributed by atoms with Gasteiger partial charge in [-0.1, -0.05) is 35.9 Å². The van der Waals surface area contributed by atoms with Gasteiger partial charge in [-0.25, -0.2) is 13.2 Å². The van der Waals surface area contributed by atoms with E-state index in [9.17, 15) is 18.8 Å². The molecule has 0 spiro atoms. The quantitative estimate of drug-likeness (QED) is 0.115. The number of nitrogens with two attached hydrogens (primary N) is 1. The molecule has 2 atom stereocenters. The number of benzene rings is 3. The summed E-state index contributed by atoms with van der Waals surface area (Å²) in [5.41, 5.74) is 5.56. The van der Waals surface area contributed by atoms with Gasteiger partial charge in [0.15, 0.2) is 5.82 Å². The molecule has 2 fully saturated rings. The van der Waals surface area contributed by atoms with E-state index in [1.807, 2.05) is 12.1 Å². The maximum atomic E-state index is 16.9. The molecule has 0 bridgehead atoms. The van der Waals surface area contributed by atoms with Gasteiger partial charge in [0.2, 0.25) is 0 Å². The van der Waals surface area contributed by atoms with Gasteiger partial charge in [0.1, 0.15) is 46.8 Å². The van der Waals surface area contributed by atoms with Crippen molar-refractivity contribution in [3.8, 4) is 29.0 Å². The average molecular weight is 721 g/mol. The number of para-hydroxylation sites is 1. The number of alkyl halides is 1. The Bertz CT molecular complexity index is 2160. The third-order valence-corrected chi connectivity index (χ3v) is 10.8. The molecule has 14 heteroatoms. The number of rotatable bonds is 10. The van der Waals surface area contributed by atoms with Crippen LogP contribution >= 0.6 is 22.9 Å². The van der Waals surface area contributed by atoms with Crippen molar-refractivity contribution in [2.45, 2.75) is 43.8 Å². The highest BCUT2D eigenvalue weighted by atomic mass is 35.5. The van der Waals surface area contributed by atoms with E-state index in [0.29, 0.717) is 37.5 Å². The van der Waals surface area contributed by atoms with Crippen LogP contribution in [0.1, 0.15) is 37.7 Å². The van der Waals surface area contributed by atoms with Crippen molar-refractivity contribution in [1.82, 2.24) is 14.9 Å². The molecular formula is C36H32ClF3N6O3S. The maximum Gasteiger partial charge on any atom is 0.319 e. The van der Waals surface area contributed by atoms with Crippen LogP contribution in [0.2, 0.25) is 5.02 Å². The van der Waals surface area contributed by atoms with E-state index in [4.69, 9.17) is 26.8 Å². The third kappa shape index (κ3) is 6.16. The fourth-order valence-corrected chi connectivity index (χ4v) is 8.40. The van der Waals surface area contributed by atoms with Gasteiger partial charge in [-0.3, -0.25) is 9.69 Å². The van der Waals surface area contributed by atoms with Gasteiger partial charge in [-0.15, -0.1) is 11.3 Å². The summed E-state index contributed by atoms with van der Waals surface area (Å²) >= 11 is 7.69. The van der Waals surface area contributed by atoms with E-state index >= 15 is 4.39 Å². The Hall–Kier alpha value is -4.64. The SMILES string of the molecule is CN(CCCC(=O)Oc1ccccc1)c1nc(OC[C@@]23CCCN2C[C@H](F)C3)nc2c(F)c(-c3ccc(F)c4sc(N)c(C#N)c34)c(Cl)cc12. The molecule has 2 aromatic heterocycles. The number of aromatic nitrogens is 2. The fourth-order valence-electron chi connectivity index (χ4n) is 7.16. The summed E-state index contributed by atoms with van der Waals surface area (Å²) in [4.78, 5) is 25.5. The second-order valence-corrected chi connectivity index (χ2v) is 14.2. The summed E-state index contributed by atoms with van der Waals surface area (Å²) < 4.78 is 58.0. The molecule has 3 aromatic carbocycles. The average Bonchev–Trinajstić information content (AvgIpc) is 3.74. The number of nitrogens with zero attached hydrogens (tertiary/aromatic N) is 5. The van der Waals surface area contributed by atoms with E-state index in [-0.39, 0.29) is 66.7 Å². The van der Waals surface area contributed by atoms with E-state index < -0.39 is 29.3 Å². The van der Waals surface area contributed by atoms with Crippen LogP contribution in [0.25, 0.3) is 32.1 Å². The van der Waals surface area contributed by atoms with Crippen molar-refractivity contribution in [1.29, 1.82) is 5.26 Å². The summed E-state index contributed by atoms with van der Waals surface area (Å²) in [5.74, 6) is -1.09. The van der Waals surface area contributed by atoms with E-state index in [0.717, 1.165) is 30.7 Å². The minimum Gasteiger partial charge on any atom is -0.461 e. The van der Waals surface area contributed by atoms with Crippen LogP contribution in [0.3, 0.4) is 0 Å². The maximum absolute atomic E-state index is 16.9. The molecule has 2 N–H and O–H groups in total. The minimum absolute atomic E-state index is 0.0182. The fraction of sp³-hybridized carbons (Fsp3) is 0.333. The number of fused-ring (bicyclic) bond motifs is 3. The van der Waals surface area contributed by atoms with Gasteiger partial charge in [0.25, 0.3) is 0 Å². The number of nitriles is 1. The lowest BCUT2D eigenvalue weighted by Gasteiger charge is -2.31. The van der Waals surface area contributed by atoms with Gasteiger partial charge < -0.3 is 20.1 Å². The van der Waals surface area contributed by atoms with Crippen molar-refractivity contribution in [3.05, 3.63) is 70.8 Å². The van der Waals surface area contributed by atoms with Gasteiger partial charge in [-0.2, -0.15) is 15.2 Å². The van der Waals surface area contributed by atoms with Crippen molar-refractivity contribution >= 4 is 60.7 Å². The molecule has 258 valence electrons. The molecule has 0 saturated carbocycles.